The Labute approximate surface area is 78.1 Å². The summed E-state index contributed by atoms with van der Waals surface area (Å²) in [6, 6.07) is 0. The molecule has 0 radical (unpaired) electrons. The number of ketones is 1. The summed E-state index contributed by atoms with van der Waals surface area (Å²) < 4.78 is 31.7. The zero-order chi connectivity index (χ0) is 11.2. The third-order valence-electron chi connectivity index (χ3n) is 1.40. The maximum atomic E-state index is 10.6. The number of halogens is 3. The number of hydrogen-bond acceptors (Lipinski definition) is 3. The zero-order valence-electron chi connectivity index (χ0n) is 7.23. The lowest BCUT2D eigenvalue weighted by Gasteiger charge is -2.08. The lowest BCUT2D eigenvalue weighted by atomic mass is 10.1. The van der Waals surface area contributed by atoms with Crippen LogP contribution in [0, 0.1) is 0 Å². The number of rotatable bonds is 0. The minimum absolute atomic E-state index is 0.402. The fourth-order valence-corrected chi connectivity index (χ4v) is 0.706. The fourth-order valence-electron chi connectivity index (χ4n) is 0.706. The quantitative estimate of drug-likeness (QED) is 0.617. The van der Waals surface area contributed by atoms with Crippen LogP contribution in [0.1, 0.15) is 12.8 Å². The van der Waals surface area contributed by atoms with Gasteiger partial charge >= 0.3 is 12.1 Å². The lowest BCUT2D eigenvalue weighted by Crippen LogP contribution is -2.27. The third kappa shape index (κ3) is 6.41. The Kier molecular flexibility index (Phi) is 5.14. The standard InChI is InChI=1S/C5H9NO.C2HF3O2/c7-5-1-3-6-4-2-5;3-2(4,5)1(6)7/h6H,1-4H2;(H,6,7). The van der Waals surface area contributed by atoms with Crippen molar-refractivity contribution in [3.8, 4) is 0 Å². The molecule has 2 N–H and O–H groups in total. The highest BCUT2D eigenvalue weighted by molar-refractivity contribution is 5.79. The van der Waals surface area contributed by atoms with Gasteiger partial charge < -0.3 is 10.4 Å². The number of carboxylic acids is 1. The number of Topliss-reactive ketones (excluding diaryl/α,β-unsaturated/α-hetero) is 1. The van der Waals surface area contributed by atoms with Crippen LogP contribution in [0.4, 0.5) is 13.2 Å². The van der Waals surface area contributed by atoms with Crippen molar-refractivity contribution in [3.05, 3.63) is 0 Å². The molecule has 1 rings (SSSR count). The first kappa shape index (κ1) is 12.9. The number of carboxylic acid groups (broad SMARTS) is 1. The van der Waals surface area contributed by atoms with Crippen LogP contribution in [0.5, 0.6) is 0 Å². The third-order valence-corrected chi connectivity index (χ3v) is 1.40. The molecule has 0 saturated carbocycles. The van der Waals surface area contributed by atoms with E-state index >= 15 is 0 Å². The number of piperidine rings is 1. The van der Waals surface area contributed by atoms with E-state index in [0.717, 1.165) is 25.9 Å². The van der Waals surface area contributed by atoms with Crippen molar-refractivity contribution < 1.29 is 27.9 Å². The smallest absolute Gasteiger partial charge is 0.475 e. The molecular weight excluding hydrogens is 203 g/mol. The van der Waals surface area contributed by atoms with Gasteiger partial charge in [0.1, 0.15) is 5.78 Å². The van der Waals surface area contributed by atoms with Crippen LogP contribution < -0.4 is 5.32 Å². The van der Waals surface area contributed by atoms with Gasteiger partial charge in [-0.15, -0.1) is 0 Å². The predicted octanol–water partition coefficient (Wildman–Crippen LogP) is 0.572. The fraction of sp³-hybridized carbons (Fsp3) is 0.714. The SMILES string of the molecule is O=C(O)C(F)(F)F.O=C1CCNCC1. The molecule has 82 valence electrons. The number of hydrogen-bond donors (Lipinski definition) is 2. The van der Waals surface area contributed by atoms with Crippen molar-refractivity contribution >= 4 is 11.8 Å². The Morgan fingerprint density at radius 3 is 1.79 bits per heavy atom. The molecule has 1 aliphatic heterocycles. The van der Waals surface area contributed by atoms with Crippen LogP contribution >= 0.6 is 0 Å². The summed E-state index contributed by atoms with van der Waals surface area (Å²) in [5.74, 6) is -2.36. The van der Waals surface area contributed by atoms with Gasteiger partial charge in [0.25, 0.3) is 0 Å². The highest BCUT2D eigenvalue weighted by atomic mass is 19.4. The minimum atomic E-state index is -5.08. The van der Waals surface area contributed by atoms with E-state index in [2.05, 4.69) is 5.32 Å². The molecule has 4 nitrogen and oxygen atoms in total. The van der Waals surface area contributed by atoms with E-state index in [9.17, 15) is 18.0 Å². The molecule has 0 aromatic heterocycles. The van der Waals surface area contributed by atoms with Crippen molar-refractivity contribution in [2.24, 2.45) is 0 Å². The Balaban J connectivity index is 0.000000241. The second-order valence-electron chi connectivity index (χ2n) is 2.59. The number of carbonyl (C=O) groups excluding carboxylic acids is 1. The molecule has 1 saturated heterocycles. The zero-order valence-corrected chi connectivity index (χ0v) is 7.23. The van der Waals surface area contributed by atoms with Crippen LogP contribution in [0.15, 0.2) is 0 Å². The summed E-state index contributed by atoms with van der Waals surface area (Å²) in [7, 11) is 0. The number of aliphatic carboxylic acids is 1. The average Bonchev–Trinajstić information content (AvgIpc) is 2.04. The van der Waals surface area contributed by atoms with Crippen molar-refractivity contribution in [3.63, 3.8) is 0 Å². The lowest BCUT2D eigenvalue weighted by molar-refractivity contribution is -0.192. The normalized spacial score (nSPS) is 16.9. The van der Waals surface area contributed by atoms with Crippen molar-refractivity contribution in [2.45, 2.75) is 19.0 Å². The van der Waals surface area contributed by atoms with Gasteiger partial charge in [0, 0.05) is 25.9 Å². The number of alkyl halides is 3. The molecule has 7 heteroatoms. The average molecular weight is 213 g/mol. The summed E-state index contributed by atoms with van der Waals surface area (Å²) in [4.78, 5) is 19.3. The summed E-state index contributed by atoms with van der Waals surface area (Å²) in [6.07, 6.45) is -3.61. The van der Waals surface area contributed by atoms with Crippen molar-refractivity contribution in [1.29, 1.82) is 0 Å². The maximum Gasteiger partial charge on any atom is 0.490 e. The molecule has 0 aromatic carbocycles. The molecular formula is C7H10F3NO3. The summed E-state index contributed by atoms with van der Waals surface area (Å²) >= 11 is 0. The summed E-state index contributed by atoms with van der Waals surface area (Å²) in [5.41, 5.74) is 0. The van der Waals surface area contributed by atoms with Gasteiger partial charge in [0.2, 0.25) is 0 Å². The van der Waals surface area contributed by atoms with Crippen molar-refractivity contribution in [1.82, 2.24) is 5.32 Å². The first-order valence-corrected chi connectivity index (χ1v) is 3.86. The van der Waals surface area contributed by atoms with E-state index in [1.165, 1.54) is 0 Å². The minimum Gasteiger partial charge on any atom is -0.475 e. The molecule has 0 unspecified atom stereocenters. The van der Waals surface area contributed by atoms with Gasteiger partial charge in [0.05, 0.1) is 0 Å². The molecule has 0 spiro atoms. The highest BCUT2D eigenvalue weighted by Crippen LogP contribution is 2.13. The number of carbonyl (C=O) groups is 2. The van der Waals surface area contributed by atoms with Gasteiger partial charge in [-0.25, -0.2) is 4.79 Å². The molecule has 1 heterocycles. The van der Waals surface area contributed by atoms with Crippen LogP contribution in [0.3, 0.4) is 0 Å². The Morgan fingerprint density at radius 2 is 1.64 bits per heavy atom. The van der Waals surface area contributed by atoms with E-state index < -0.39 is 12.1 Å². The van der Waals surface area contributed by atoms with Gasteiger partial charge in [-0.2, -0.15) is 13.2 Å². The van der Waals surface area contributed by atoms with Crippen molar-refractivity contribution in [2.75, 3.05) is 13.1 Å². The van der Waals surface area contributed by atoms with Gasteiger partial charge in [-0.1, -0.05) is 0 Å². The first-order valence-electron chi connectivity index (χ1n) is 3.86. The first-order chi connectivity index (χ1) is 6.34. The van der Waals surface area contributed by atoms with Crippen LogP contribution in [-0.2, 0) is 9.59 Å². The summed E-state index contributed by atoms with van der Waals surface area (Å²) in [6.45, 7) is 1.78. The molecule has 14 heavy (non-hydrogen) atoms. The largest absolute Gasteiger partial charge is 0.490 e. The van der Waals surface area contributed by atoms with E-state index in [1.54, 1.807) is 0 Å². The van der Waals surface area contributed by atoms with Gasteiger partial charge in [0.15, 0.2) is 0 Å². The van der Waals surface area contributed by atoms with Crippen LogP contribution in [0.2, 0.25) is 0 Å². The molecule has 0 bridgehead atoms. The summed E-state index contributed by atoms with van der Waals surface area (Å²) in [5, 5.41) is 10.2. The molecule has 0 aromatic rings. The Morgan fingerprint density at radius 1 is 1.29 bits per heavy atom. The van der Waals surface area contributed by atoms with E-state index in [1.807, 2.05) is 0 Å². The highest BCUT2D eigenvalue weighted by Gasteiger charge is 2.38. The van der Waals surface area contributed by atoms with E-state index in [4.69, 9.17) is 9.90 Å². The Bertz CT molecular complexity index is 207. The van der Waals surface area contributed by atoms with E-state index in [-0.39, 0.29) is 0 Å². The monoisotopic (exact) mass is 213 g/mol. The van der Waals surface area contributed by atoms with E-state index in [0.29, 0.717) is 5.78 Å². The molecule has 1 aliphatic rings. The molecule has 0 atom stereocenters. The second kappa shape index (κ2) is 5.58. The molecule has 0 aliphatic carbocycles. The Hall–Kier alpha value is -1.11. The maximum absolute atomic E-state index is 10.6. The van der Waals surface area contributed by atoms with Crippen LogP contribution in [0.25, 0.3) is 0 Å². The number of nitrogens with one attached hydrogen (secondary N) is 1. The van der Waals surface area contributed by atoms with Crippen LogP contribution in [-0.4, -0.2) is 36.1 Å². The molecule has 0 amide bonds. The van der Waals surface area contributed by atoms with Gasteiger partial charge in [-0.05, 0) is 0 Å². The van der Waals surface area contributed by atoms with Gasteiger partial charge in [-0.3, -0.25) is 4.79 Å². The second-order valence-corrected chi connectivity index (χ2v) is 2.59. The predicted molar refractivity (Wildman–Crippen MR) is 40.8 cm³/mol. The molecule has 1 fully saturated rings. The topological polar surface area (TPSA) is 66.4 Å².